The fourth-order valence-corrected chi connectivity index (χ4v) is 1.75. The summed E-state index contributed by atoms with van der Waals surface area (Å²) in [5.74, 6) is 0.199. The van der Waals surface area contributed by atoms with Crippen molar-refractivity contribution in [2.75, 3.05) is 13.1 Å². The van der Waals surface area contributed by atoms with Crippen LogP contribution in [0.1, 0.15) is 27.2 Å². The van der Waals surface area contributed by atoms with Crippen LogP contribution in [0.5, 0.6) is 0 Å². The molecule has 1 aliphatic heterocycles. The van der Waals surface area contributed by atoms with E-state index in [0.29, 0.717) is 6.42 Å². The van der Waals surface area contributed by atoms with Gasteiger partial charge in [-0.2, -0.15) is 0 Å². The number of carbonyl (C=O) groups is 1. The molecule has 0 saturated carbocycles. The van der Waals surface area contributed by atoms with Crippen molar-refractivity contribution in [3.63, 3.8) is 0 Å². The molecule has 1 saturated heterocycles. The van der Waals surface area contributed by atoms with Crippen LogP contribution in [-0.4, -0.2) is 29.3 Å². The number of alkyl halides is 1. The first-order chi connectivity index (χ1) is 5.38. The zero-order chi connectivity index (χ0) is 9.35. The number of halogens is 1. The van der Waals surface area contributed by atoms with Crippen LogP contribution in [0.3, 0.4) is 0 Å². The maximum absolute atomic E-state index is 11.3. The molecule has 0 aliphatic carbocycles. The lowest BCUT2D eigenvalue weighted by atomic mass is 9.96. The van der Waals surface area contributed by atoms with Gasteiger partial charge >= 0.3 is 0 Å². The van der Waals surface area contributed by atoms with Gasteiger partial charge in [0, 0.05) is 19.5 Å². The molecule has 0 radical (unpaired) electrons. The van der Waals surface area contributed by atoms with Crippen molar-refractivity contribution in [3.05, 3.63) is 0 Å². The number of carbonyl (C=O) groups excluding carboxylic acids is 1. The number of hydrogen-bond acceptors (Lipinski definition) is 1. The Balaban J connectivity index is 2.49. The van der Waals surface area contributed by atoms with Gasteiger partial charge in [0.15, 0.2) is 0 Å². The van der Waals surface area contributed by atoms with Crippen LogP contribution < -0.4 is 0 Å². The largest absolute Gasteiger partial charge is 0.341 e. The van der Waals surface area contributed by atoms with E-state index in [0.717, 1.165) is 13.1 Å². The molecule has 70 valence electrons. The van der Waals surface area contributed by atoms with Crippen molar-refractivity contribution in [2.24, 2.45) is 5.41 Å². The molecule has 0 aromatic heterocycles. The lowest BCUT2D eigenvalue weighted by Gasteiger charge is -2.26. The van der Waals surface area contributed by atoms with Gasteiger partial charge in [0.25, 0.3) is 0 Å². The van der Waals surface area contributed by atoms with Crippen LogP contribution in [0.4, 0.5) is 0 Å². The summed E-state index contributed by atoms with van der Waals surface area (Å²) in [5.41, 5.74) is 0.177. The Morgan fingerprint density at radius 1 is 1.58 bits per heavy atom. The summed E-state index contributed by atoms with van der Waals surface area (Å²) in [7, 11) is 0. The third kappa shape index (κ3) is 2.67. The van der Waals surface area contributed by atoms with Gasteiger partial charge in [-0.1, -0.05) is 20.8 Å². The van der Waals surface area contributed by atoms with Crippen molar-refractivity contribution < 1.29 is 4.79 Å². The third-order valence-corrected chi connectivity index (χ3v) is 2.12. The van der Waals surface area contributed by atoms with Gasteiger partial charge in [-0.25, -0.2) is 0 Å². The normalized spacial score (nSPS) is 25.2. The molecule has 1 amide bonds. The topological polar surface area (TPSA) is 20.3 Å². The summed E-state index contributed by atoms with van der Waals surface area (Å²) < 4.78 is 0. The Labute approximate surface area is 78.9 Å². The van der Waals surface area contributed by atoms with Gasteiger partial charge in [0.05, 0.1) is 5.38 Å². The Kier molecular flexibility index (Phi) is 2.67. The summed E-state index contributed by atoms with van der Waals surface area (Å²) in [6, 6.07) is 0. The first kappa shape index (κ1) is 9.85. The molecular weight excluding hydrogens is 174 g/mol. The third-order valence-electron chi connectivity index (χ3n) is 1.83. The highest BCUT2D eigenvalue weighted by atomic mass is 35.5. The molecule has 0 aromatic rings. The van der Waals surface area contributed by atoms with Crippen molar-refractivity contribution in [1.29, 1.82) is 0 Å². The molecule has 0 aromatic carbocycles. The van der Waals surface area contributed by atoms with E-state index in [4.69, 9.17) is 11.6 Å². The Bertz CT molecular complexity index is 185. The summed E-state index contributed by atoms with van der Waals surface area (Å²) in [6.07, 6.45) is 0.512. The Morgan fingerprint density at radius 2 is 2.17 bits per heavy atom. The van der Waals surface area contributed by atoms with Crippen LogP contribution in [0.25, 0.3) is 0 Å². The van der Waals surface area contributed by atoms with Crippen LogP contribution in [0, 0.1) is 5.41 Å². The standard InChI is InChI=1S/C9H16ClNO/c1-9(2,3)6-11-5-7(10)4-8(11)12/h7H,4-6H2,1-3H3. The number of nitrogens with zero attached hydrogens (tertiary/aromatic N) is 1. The molecule has 1 unspecified atom stereocenters. The first-order valence-electron chi connectivity index (χ1n) is 4.30. The molecule has 0 N–H and O–H groups in total. The minimum atomic E-state index is 0.0276. The Morgan fingerprint density at radius 3 is 2.50 bits per heavy atom. The highest BCUT2D eigenvalue weighted by Gasteiger charge is 2.30. The second-order valence-corrected chi connectivity index (χ2v) is 5.25. The number of amides is 1. The predicted octanol–water partition coefficient (Wildman–Crippen LogP) is 1.87. The maximum Gasteiger partial charge on any atom is 0.224 e. The van der Waals surface area contributed by atoms with Crippen LogP contribution in [0.15, 0.2) is 0 Å². The van der Waals surface area contributed by atoms with Crippen LogP contribution >= 0.6 is 11.6 Å². The van der Waals surface area contributed by atoms with Crippen molar-refractivity contribution in [3.8, 4) is 0 Å². The van der Waals surface area contributed by atoms with Gasteiger partial charge in [-0.3, -0.25) is 4.79 Å². The Hall–Kier alpha value is -0.240. The average Bonchev–Trinajstić information content (AvgIpc) is 2.06. The van der Waals surface area contributed by atoms with Gasteiger partial charge < -0.3 is 4.90 Å². The molecule has 2 nitrogen and oxygen atoms in total. The average molecular weight is 190 g/mol. The number of rotatable bonds is 1. The monoisotopic (exact) mass is 189 g/mol. The van der Waals surface area contributed by atoms with E-state index in [1.54, 1.807) is 0 Å². The second-order valence-electron chi connectivity index (χ2n) is 4.64. The lowest BCUT2D eigenvalue weighted by Crippen LogP contribution is -2.33. The van der Waals surface area contributed by atoms with E-state index in [9.17, 15) is 4.79 Å². The smallest absolute Gasteiger partial charge is 0.224 e. The quantitative estimate of drug-likeness (QED) is 0.577. The zero-order valence-electron chi connectivity index (χ0n) is 7.93. The molecule has 1 fully saturated rings. The highest BCUT2D eigenvalue weighted by Crippen LogP contribution is 2.22. The molecule has 0 spiro atoms. The second kappa shape index (κ2) is 3.25. The van der Waals surface area contributed by atoms with E-state index < -0.39 is 0 Å². The van der Waals surface area contributed by atoms with E-state index >= 15 is 0 Å². The summed E-state index contributed by atoms with van der Waals surface area (Å²) in [5, 5.41) is 0.0276. The van der Waals surface area contributed by atoms with E-state index in [1.807, 2.05) is 4.90 Å². The number of likely N-dealkylation sites (tertiary alicyclic amines) is 1. The van der Waals surface area contributed by atoms with Crippen LogP contribution in [-0.2, 0) is 4.79 Å². The molecule has 3 heteroatoms. The highest BCUT2D eigenvalue weighted by molar-refractivity contribution is 6.22. The fourth-order valence-electron chi connectivity index (χ4n) is 1.45. The van der Waals surface area contributed by atoms with E-state index in [-0.39, 0.29) is 16.7 Å². The predicted molar refractivity (Wildman–Crippen MR) is 50.3 cm³/mol. The van der Waals surface area contributed by atoms with Gasteiger partial charge in [0.1, 0.15) is 0 Å². The molecule has 1 rings (SSSR count). The van der Waals surface area contributed by atoms with E-state index in [1.165, 1.54) is 0 Å². The molecule has 1 heterocycles. The minimum Gasteiger partial charge on any atom is -0.341 e. The number of hydrogen-bond donors (Lipinski definition) is 0. The molecular formula is C9H16ClNO. The SMILES string of the molecule is CC(C)(C)CN1CC(Cl)CC1=O. The first-order valence-corrected chi connectivity index (χ1v) is 4.74. The van der Waals surface area contributed by atoms with Crippen molar-refractivity contribution in [2.45, 2.75) is 32.6 Å². The molecule has 1 aliphatic rings. The molecule has 1 atom stereocenters. The van der Waals surface area contributed by atoms with Crippen molar-refractivity contribution in [1.82, 2.24) is 4.90 Å². The minimum absolute atomic E-state index is 0.0276. The van der Waals surface area contributed by atoms with Gasteiger partial charge in [0.2, 0.25) is 5.91 Å². The summed E-state index contributed by atoms with van der Waals surface area (Å²) >= 11 is 5.87. The summed E-state index contributed by atoms with van der Waals surface area (Å²) in [6.45, 7) is 7.91. The lowest BCUT2D eigenvalue weighted by molar-refractivity contribution is -0.128. The van der Waals surface area contributed by atoms with Crippen molar-refractivity contribution >= 4 is 17.5 Å². The van der Waals surface area contributed by atoms with Crippen LogP contribution in [0.2, 0.25) is 0 Å². The molecule has 0 bridgehead atoms. The van der Waals surface area contributed by atoms with E-state index in [2.05, 4.69) is 20.8 Å². The summed E-state index contributed by atoms with van der Waals surface area (Å²) in [4.78, 5) is 13.2. The maximum atomic E-state index is 11.3. The molecule has 12 heavy (non-hydrogen) atoms. The van der Waals surface area contributed by atoms with Gasteiger partial charge in [-0.15, -0.1) is 11.6 Å². The zero-order valence-corrected chi connectivity index (χ0v) is 8.69. The van der Waals surface area contributed by atoms with Gasteiger partial charge in [-0.05, 0) is 5.41 Å². The fraction of sp³-hybridized carbons (Fsp3) is 0.889.